The van der Waals surface area contributed by atoms with E-state index in [-0.39, 0.29) is 0 Å². The van der Waals surface area contributed by atoms with Gasteiger partial charge >= 0.3 is 0 Å². The minimum absolute atomic E-state index is 0.395. The molecule has 0 fully saturated rings. The summed E-state index contributed by atoms with van der Waals surface area (Å²) < 4.78 is 0. The van der Waals surface area contributed by atoms with Crippen LogP contribution in [0, 0.1) is 22.7 Å². The summed E-state index contributed by atoms with van der Waals surface area (Å²) >= 11 is 0. The van der Waals surface area contributed by atoms with Crippen LogP contribution in [-0.2, 0) is 6.42 Å². The molecule has 1 aromatic carbocycles. The van der Waals surface area contributed by atoms with Gasteiger partial charge in [-0.15, -0.1) is 0 Å². The molecular formula is C15H21N. The van der Waals surface area contributed by atoms with Crippen LogP contribution in [0.3, 0.4) is 0 Å². The Morgan fingerprint density at radius 3 is 2.19 bits per heavy atom. The maximum atomic E-state index is 8.71. The van der Waals surface area contributed by atoms with Gasteiger partial charge in [0.05, 0.1) is 11.6 Å². The molecule has 86 valence electrons. The van der Waals surface area contributed by atoms with E-state index < -0.39 is 0 Å². The number of nitrogens with zero attached hydrogens (tertiary/aromatic N) is 1. The molecule has 0 aromatic heterocycles. The van der Waals surface area contributed by atoms with Gasteiger partial charge in [-0.3, -0.25) is 0 Å². The predicted molar refractivity (Wildman–Crippen MR) is 68.1 cm³/mol. The number of hydrogen-bond acceptors (Lipinski definition) is 1. The summed E-state index contributed by atoms with van der Waals surface area (Å²) in [6.45, 7) is 9.14. The van der Waals surface area contributed by atoms with Crippen LogP contribution >= 0.6 is 0 Å². The second kappa shape index (κ2) is 5.16. The van der Waals surface area contributed by atoms with Crippen LogP contribution in [-0.4, -0.2) is 0 Å². The van der Waals surface area contributed by atoms with Crippen LogP contribution in [0.1, 0.15) is 45.2 Å². The molecule has 1 heteroatoms. The molecule has 0 N–H and O–H groups in total. The van der Waals surface area contributed by atoms with Gasteiger partial charge < -0.3 is 0 Å². The molecule has 0 aliphatic carbocycles. The van der Waals surface area contributed by atoms with Gasteiger partial charge in [0.2, 0.25) is 0 Å². The van der Waals surface area contributed by atoms with Gasteiger partial charge in [-0.1, -0.05) is 39.8 Å². The zero-order valence-corrected chi connectivity index (χ0v) is 10.7. The molecule has 0 bridgehead atoms. The van der Waals surface area contributed by atoms with Gasteiger partial charge in [0.25, 0.3) is 0 Å². The smallest absolute Gasteiger partial charge is 0.0991 e. The average Bonchev–Trinajstić information content (AvgIpc) is 2.16. The highest BCUT2D eigenvalue weighted by Gasteiger charge is 2.15. The number of nitriles is 1. The maximum absolute atomic E-state index is 8.71. The topological polar surface area (TPSA) is 23.8 Å². The lowest BCUT2D eigenvalue weighted by Crippen LogP contribution is -2.12. The minimum atomic E-state index is 0.395. The Bertz CT molecular complexity index is 362. The first-order valence-corrected chi connectivity index (χ1v) is 5.90. The van der Waals surface area contributed by atoms with Crippen LogP contribution in [0.25, 0.3) is 0 Å². The summed E-state index contributed by atoms with van der Waals surface area (Å²) in [4.78, 5) is 0. The minimum Gasteiger partial charge on any atom is -0.192 e. The number of rotatable bonds is 3. The third-order valence-corrected chi connectivity index (χ3v) is 2.63. The quantitative estimate of drug-likeness (QED) is 0.742. The van der Waals surface area contributed by atoms with Gasteiger partial charge in [0.1, 0.15) is 0 Å². The SMILES string of the molecule is CC(Cc1ccc(C#N)cc1)CC(C)(C)C. The molecule has 1 unspecified atom stereocenters. The first-order chi connectivity index (χ1) is 7.40. The molecule has 0 aliphatic heterocycles. The lowest BCUT2D eigenvalue weighted by molar-refractivity contribution is 0.306. The molecule has 0 saturated heterocycles. The first kappa shape index (κ1) is 12.8. The number of benzene rings is 1. The predicted octanol–water partition coefficient (Wildman–Crippen LogP) is 4.17. The lowest BCUT2D eigenvalue weighted by atomic mass is 9.83. The Morgan fingerprint density at radius 2 is 1.75 bits per heavy atom. The van der Waals surface area contributed by atoms with Crippen molar-refractivity contribution in [1.29, 1.82) is 5.26 Å². The van der Waals surface area contributed by atoms with Crippen molar-refractivity contribution in [3.05, 3.63) is 35.4 Å². The lowest BCUT2D eigenvalue weighted by Gasteiger charge is -2.23. The van der Waals surface area contributed by atoms with Gasteiger partial charge in [-0.2, -0.15) is 5.26 Å². The first-order valence-electron chi connectivity index (χ1n) is 5.90. The van der Waals surface area contributed by atoms with Crippen molar-refractivity contribution < 1.29 is 0 Å². The summed E-state index contributed by atoms with van der Waals surface area (Å²) in [5.74, 6) is 0.688. The van der Waals surface area contributed by atoms with Gasteiger partial charge in [0, 0.05) is 0 Å². The molecule has 1 atom stereocenters. The molecule has 0 spiro atoms. The summed E-state index contributed by atoms with van der Waals surface area (Å²) in [5, 5.41) is 8.71. The Hall–Kier alpha value is -1.29. The Labute approximate surface area is 99.1 Å². The summed E-state index contributed by atoms with van der Waals surface area (Å²) in [6, 6.07) is 10.1. The third kappa shape index (κ3) is 4.49. The monoisotopic (exact) mass is 215 g/mol. The Balaban J connectivity index is 2.57. The van der Waals surface area contributed by atoms with Crippen molar-refractivity contribution in [3.8, 4) is 6.07 Å². The molecule has 1 nitrogen and oxygen atoms in total. The van der Waals surface area contributed by atoms with Gasteiger partial charge in [-0.05, 0) is 41.9 Å². The van der Waals surface area contributed by atoms with E-state index in [9.17, 15) is 0 Å². The molecule has 0 aliphatic rings. The fraction of sp³-hybridized carbons (Fsp3) is 0.533. The molecule has 1 aromatic rings. The van der Waals surface area contributed by atoms with E-state index >= 15 is 0 Å². The highest BCUT2D eigenvalue weighted by Crippen LogP contribution is 2.26. The van der Waals surface area contributed by atoms with E-state index in [4.69, 9.17) is 5.26 Å². The summed E-state index contributed by atoms with van der Waals surface area (Å²) in [5.41, 5.74) is 2.47. The van der Waals surface area contributed by atoms with Crippen LogP contribution < -0.4 is 0 Å². The third-order valence-electron chi connectivity index (χ3n) is 2.63. The standard InChI is InChI=1S/C15H21N/c1-12(10-15(2,3)4)9-13-5-7-14(11-16)8-6-13/h5-8,12H,9-10H2,1-4H3. The zero-order chi connectivity index (χ0) is 12.2. The average molecular weight is 215 g/mol. The molecule has 1 rings (SSSR count). The largest absolute Gasteiger partial charge is 0.192 e. The number of hydrogen-bond donors (Lipinski definition) is 0. The van der Waals surface area contributed by atoms with Crippen molar-refractivity contribution in [3.63, 3.8) is 0 Å². The molecule has 0 amide bonds. The molecule has 16 heavy (non-hydrogen) atoms. The van der Waals surface area contributed by atoms with E-state index in [2.05, 4.69) is 45.9 Å². The van der Waals surface area contributed by atoms with E-state index in [1.165, 1.54) is 12.0 Å². The van der Waals surface area contributed by atoms with Crippen LogP contribution in [0.4, 0.5) is 0 Å². The summed E-state index contributed by atoms with van der Waals surface area (Å²) in [7, 11) is 0. The maximum Gasteiger partial charge on any atom is 0.0991 e. The van der Waals surface area contributed by atoms with Crippen molar-refractivity contribution in [2.75, 3.05) is 0 Å². The Morgan fingerprint density at radius 1 is 1.19 bits per heavy atom. The van der Waals surface area contributed by atoms with Crippen LogP contribution in [0.5, 0.6) is 0 Å². The highest BCUT2D eigenvalue weighted by atomic mass is 14.2. The molecular weight excluding hydrogens is 194 g/mol. The van der Waals surface area contributed by atoms with Gasteiger partial charge in [0.15, 0.2) is 0 Å². The van der Waals surface area contributed by atoms with Gasteiger partial charge in [-0.25, -0.2) is 0 Å². The van der Waals surface area contributed by atoms with E-state index in [0.717, 1.165) is 12.0 Å². The Kier molecular flexibility index (Phi) is 4.12. The second-order valence-corrected chi connectivity index (χ2v) is 5.88. The van der Waals surface area contributed by atoms with Crippen molar-refractivity contribution in [1.82, 2.24) is 0 Å². The van der Waals surface area contributed by atoms with Crippen molar-refractivity contribution in [2.24, 2.45) is 11.3 Å². The highest BCUT2D eigenvalue weighted by molar-refractivity contribution is 5.31. The van der Waals surface area contributed by atoms with Crippen LogP contribution in [0.2, 0.25) is 0 Å². The van der Waals surface area contributed by atoms with E-state index in [1.807, 2.05) is 12.1 Å². The second-order valence-electron chi connectivity index (χ2n) is 5.88. The zero-order valence-electron chi connectivity index (χ0n) is 10.7. The van der Waals surface area contributed by atoms with Crippen molar-refractivity contribution in [2.45, 2.75) is 40.5 Å². The van der Waals surface area contributed by atoms with Crippen LogP contribution in [0.15, 0.2) is 24.3 Å². The molecule has 0 heterocycles. The van der Waals surface area contributed by atoms with E-state index in [1.54, 1.807) is 0 Å². The fourth-order valence-corrected chi connectivity index (χ4v) is 2.24. The molecule has 0 radical (unpaired) electrons. The van der Waals surface area contributed by atoms with E-state index in [0.29, 0.717) is 11.3 Å². The molecule has 0 saturated carbocycles. The summed E-state index contributed by atoms with van der Waals surface area (Å²) in [6.07, 6.45) is 2.33. The van der Waals surface area contributed by atoms with Crippen molar-refractivity contribution >= 4 is 0 Å². The normalized spacial score (nSPS) is 13.2. The fourth-order valence-electron chi connectivity index (χ4n) is 2.24.